The van der Waals surface area contributed by atoms with E-state index in [4.69, 9.17) is 33.2 Å². The Bertz CT molecular complexity index is 1400. The Hall–Kier alpha value is -4.40. The third-order valence-electron chi connectivity index (χ3n) is 7.28. The largest absolute Gasteiger partial charge is 0.497 e. The lowest BCUT2D eigenvalue weighted by atomic mass is 9.79. The third-order valence-corrected chi connectivity index (χ3v) is 7.28. The van der Waals surface area contributed by atoms with Gasteiger partial charge in [0.05, 0.1) is 33.9 Å². The van der Waals surface area contributed by atoms with Crippen molar-refractivity contribution in [1.82, 2.24) is 0 Å². The van der Waals surface area contributed by atoms with Gasteiger partial charge in [0.15, 0.2) is 18.1 Å². The minimum atomic E-state index is -0.657. The molecule has 0 amide bonds. The second-order valence-electron chi connectivity index (χ2n) is 9.52. The first kappa shape index (κ1) is 27.2. The zero-order chi connectivity index (χ0) is 28.2. The topological polar surface area (TPSA) is 98.8 Å². The van der Waals surface area contributed by atoms with Gasteiger partial charge in [-0.2, -0.15) is 0 Å². The Balaban J connectivity index is 1.69. The van der Waals surface area contributed by atoms with Crippen molar-refractivity contribution in [3.05, 3.63) is 76.9 Å². The van der Waals surface area contributed by atoms with Crippen molar-refractivity contribution in [2.45, 2.75) is 25.2 Å². The van der Waals surface area contributed by atoms with Gasteiger partial charge in [0.25, 0.3) is 0 Å². The zero-order valence-electron chi connectivity index (χ0n) is 22.9. The summed E-state index contributed by atoms with van der Waals surface area (Å²) in [6.07, 6.45) is 0.856. The van der Waals surface area contributed by atoms with Gasteiger partial charge in [0, 0.05) is 23.5 Å². The van der Waals surface area contributed by atoms with Crippen molar-refractivity contribution in [3.63, 3.8) is 0 Å². The molecule has 0 unspecified atom stereocenters. The second kappa shape index (κ2) is 11.8. The zero-order valence-corrected chi connectivity index (χ0v) is 22.9. The van der Waals surface area contributed by atoms with E-state index >= 15 is 0 Å². The maximum absolute atomic E-state index is 13.6. The van der Waals surface area contributed by atoms with E-state index in [9.17, 15) is 9.59 Å². The van der Waals surface area contributed by atoms with E-state index in [1.165, 1.54) is 14.2 Å². The normalized spacial score (nSPS) is 18.6. The monoisotopic (exact) mass is 548 g/mol. The van der Waals surface area contributed by atoms with Gasteiger partial charge in [-0.05, 0) is 53.4 Å². The van der Waals surface area contributed by atoms with Gasteiger partial charge < -0.3 is 33.2 Å². The van der Waals surface area contributed by atoms with E-state index in [0.29, 0.717) is 40.9 Å². The van der Waals surface area contributed by atoms with Crippen LogP contribution in [0.25, 0.3) is 0 Å². The smallest absolute Gasteiger partial charge is 0.343 e. The minimum absolute atomic E-state index is 0.147. The van der Waals surface area contributed by atoms with Gasteiger partial charge >= 0.3 is 11.9 Å². The number of hydrogen-bond acceptors (Lipinski definition) is 9. The number of methoxy groups -OCH3 is 3. The fourth-order valence-corrected chi connectivity index (χ4v) is 5.48. The average Bonchev–Trinajstić information content (AvgIpc) is 3.60. The first-order valence-corrected chi connectivity index (χ1v) is 13.1. The summed E-state index contributed by atoms with van der Waals surface area (Å²) < 4.78 is 38.7. The molecule has 0 fully saturated rings. The van der Waals surface area contributed by atoms with Gasteiger partial charge in [0.1, 0.15) is 17.2 Å². The number of benzene rings is 3. The number of esters is 2. The lowest BCUT2D eigenvalue weighted by Crippen LogP contribution is -2.26. The lowest BCUT2D eigenvalue weighted by Gasteiger charge is -2.26. The standard InChI is InChI=1S/C31H32O9/c1-5-12-37-20-8-9-21-23(14-20)29(22-10-7-19(34-2)15-25(22)38-16-27(32)35-3)30(31(33)36-4)28(21)18-6-11-24-26(13-18)40-17-39-24/h6-11,13-15,28-30H,5,12,16-17H2,1-4H3/t28-,29+,30-/m0/s1. The molecule has 2 aliphatic rings. The van der Waals surface area contributed by atoms with Crippen LogP contribution in [0.1, 0.15) is 47.4 Å². The van der Waals surface area contributed by atoms with Crippen molar-refractivity contribution in [2.24, 2.45) is 5.92 Å². The number of fused-ring (bicyclic) bond motifs is 2. The molecule has 3 aromatic rings. The van der Waals surface area contributed by atoms with Gasteiger partial charge in [-0.1, -0.05) is 25.1 Å². The lowest BCUT2D eigenvalue weighted by molar-refractivity contribution is -0.146. The van der Waals surface area contributed by atoms with Gasteiger partial charge in [-0.25, -0.2) is 4.79 Å². The maximum Gasteiger partial charge on any atom is 0.343 e. The summed E-state index contributed by atoms with van der Waals surface area (Å²) in [5, 5.41) is 0. The van der Waals surface area contributed by atoms with Crippen molar-refractivity contribution in [1.29, 1.82) is 0 Å². The molecule has 1 aliphatic carbocycles. The van der Waals surface area contributed by atoms with Crippen LogP contribution in [0.15, 0.2) is 54.6 Å². The summed E-state index contributed by atoms with van der Waals surface area (Å²) in [5.41, 5.74) is 3.45. The highest BCUT2D eigenvalue weighted by molar-refractivity contribution is 5.80. The molecule has 9 heteroatoms. The Kier molecular flexibility index (Phi) is 8.00. The molecule has 9 nitrogen and oxygen atoms in total. The highest BCUT2D eigenvalue weighted by Gasteiger charge is 2.48. The predicted octanol–water partition coefficient (Wildman–Crippen LogP) is 4.83. The molecule has 0 saturated heterocycles. The highest BCUT2D eigenvalue weighted by atomic mass is 16.7. The molecule has 0 spiro atoms. The molecule has 0 radical (unpaired) electrons. The van der Waals surface area contributed by atoms with E-state index in [1.807, 2.05) is 49.4 Å². The molecule has 0 N–H and O–H groups in total. The van der Waals surface area contributed by atoms with Crippen LogP contribution >= 0.6 is 0 Å². The van der Waals surface area contributed by atoms with Crippen molar-refractivity contribution in [3.8, 4) is 28.7 Å². The minimum Gasteiger partial charge on any atom is -0.497 e. The summed E-state index contributed by atoms with van der Waals surface area (Å²) in [4.78, 5) is 25.6. The Morgan fingerprint density at radius 3 is 2.33 bits per heavy atom. The van der Waals surface area contributed by atoms with Crippen molar-refractivity contribution in [2.75, 3.05) is 41.3 Å². The van der Waals surface area contributed by atoms with E-state index in [1.54, 1.807) is 19.2 Å². The number of carbonyl (C=O) groups is 2. The molecule has 1 heterocycles. The number of rotatable bonds is 10. The average molecular weight is 549 g/mol. The van der Waals surface area contributed by atoms with Crippen LogP contribution in [0.2, 0.25) is 0 Å². The van der Waals surface area contributed by atoms with Crippen molar-refractivity contribution >= 4 is 11.9 Å². The number of hydrogen-bond donors (Lipinski definition) is 0. The first-order valence-electron chi connectivity index (χ1n) is 13.1. The highest BCUT2D eigenvalue weighted by Crippen LogP contribution is 2.56. The maximum atomic E-state index is 13.6. The fraction of sp³-hybridized carbons (Fsp3) is 0.355. The van der Waals surface area contributed by atoms with Gasteiger partial charge in [-0.3, -0.25) is 4.79 Å². The summed E-state index contributed by atoms with van der Waals surface area (Å²) in [6.45, 7) is 2.45. The van der Waals surface area contributed by atoms with Crippen LogP contribution < -0.4 is 23.7 Å². The van der Waals surface area contributed by atoms with Gasteiger partial charge in [-0.15, -0.1) is 0 Å². The third kappa shape index (κ3) is 5.11. The molecule has 1 aliphatic heterocycles. The molecule has 40 heavy (non-hydrogen) atoms. The summed E-state index contributed by atoms with van der Waals surface area (Å²) in [7, 11) is 4.23. The molecule has 3 atom stereocenters. The molecule has 5 rings (SSSR count). The summed E-state index contributed by atoms with van der Waals surface area (Å²) >= 11 is 0. The molecule has 0 saturated carbocycles. The number of carbonyl (C=O) groups excluding carboxylic acids is 2. The molecular formula is C31H32O9. The summed E-state index contributed by atoms with van der Waals surface area (Å²) in [6, 6.07) is 17.0. The SMILES string of the molecule is CCCOc1ccc2c(c1)[C@@H](c1ccc(OC)cc1OCC(=O)OC)[C@@H](C(=O)OC)[C@H]2c1ccc2c(c1)OCO2. The Morgan fingerprint density at radius 2 is 1.57 bits per heavy atom. The molecule has 0 bridgehead atoms. The molecule has 0 aromatic heterocycles. The van der Waals surface area contributed by atoms with E-state index in [2.05, 4.69) is 0 Å². The van der Waals surface area contributed by atoms with Crippen LogP contribution in [0.3, 0.4) is 0 Å². The number of ether oxygens (including phenoxy) is 7. The Labute approximate surface area is 232 Å². The Morgan fingerprint density at radius 1 is 0.800 bits per heavy atom. The van der Waals surface area contributed by atoms with Crippen LogP contribution in [-0.2, 0) is 19.1 Å². The van der Waals surface area contributed by atoms with Crippen LogP contribution in [0.5, 0.6) is 28.7 Å². The molecule has 3 aromatic carbocycles. The molecular weight excluding hydrogens is 516 g/mol. The van der Waals surface area contributed by atoms with E-state index in [0.717, 1.165) is 23.1 Å². The second-order valence-corrected chi connectivity index (χ2v) is 9.52. The molecule has 210 valence electrons. The summed E-state index contributed by atoms with van der Waals surface area (Å²) in [5.74, 6) is 0.518. The van der Waals surface area contributed by atoms with Crippen LogP contribution in [0, 0.1) is 5.92 Å². The predicted molar refractivity (Wildman–Crippen MR) is 144 cm³/mol. The van der Waals surface area contributed by atoms with E-state index < -0.39 is 17.8 Å². The van der Waals surface area contributed by atoms with Crippen LogP contribution in [-0.4, -0.2) is 53.3 Å². The van der Waals surface area contributed by atoms with E-state index in [-0.39, 0.29) is 25.3 Å². The van der Waals surface area contributed by atoms with Crippen LogP contribution in [0.4, 0.5) is 0 Å². The first-order chi connectivity index (χ1) is 19.5. The van der Waals surface area contributed by atoms with Crippen molar-refractivity contribution < 1.29 is 42.7 Å². The quantitative estimate of drug-likeness (QED) is 0.330. The fourth-order valence-electron chi connectivity index (χ4n) is 5.48. The van der Waals surface area contributed by atoms with Gasteiger partial charge in [0.2, 0.25) is 6.79 Å².